The number of aromatic nitrogens is 3. The van der Waals surface area contributed by atoms with E-state index in [0.717, 1.165) is 17.0 Å². The maximum atomic E-state index is 12.3. The fourth-order valence-electron chi connectivity index (χ4n) is 3.10. The molecule has 1 atom stereocenters. The smallest absolute Gasteiger partial charge is 0.321 e. The Morgan fingerprint density at radius 1 is 1.19 bits per heavy atom. The highest BCUT2D eigenvalue weighted by Gasteiger charge is 2.24. The van der Waals surface area contributed by atoms with Crippen LogP contribution in [0.5, 0.6) is 11.9 Å². The molecule has 3 N–H and O–H groups in total. The average molecular weight is 464 g/mol. The number of fused-ring (bicyclic) bond motifs is 1. The van der Waals surface area contributed by atoms with E-state index in [1.165, 1.54) is 18.4 Å². The molecule has 0 aromatic carbocycles. The third-order valence-corrected chi connectivity index (χ3v) is 5.78. The van der Waals surface area contributed by atoms with Crippen LogP contribution >= 0.6 is 11.3 Å². The van der Waals surface area contributed by atoms with Gasteiger partial charge in [-0.05, 0) is 13.8 Å². The number of amides is 3. The van der Waals surface area contributed by atoms with Crippen LogP contribution < -0.4 is 30.3 Å². The summed E-state index contributed by atoms with van der Waals surface area (Å²) in [6, 6.07) is 1.68. The Morgan fingerprint density at radius 2 is 1.97 bits per heavy atom. The van der Waals surface area contributed by atoms with E-state index in [-0.39, 0.29) is 36.5 Å². The minimum atomic E-state index is -0.387. The van der Waals surface area contributed by atoms with E-state index >= 15 is 0 Å². The van der Waals surface area contributed by atoms with E-state index < -0.39 is 0 Å². The Balaban J connectivity index is 1.58. The molecule has 2 aromatic heterocycles. The van der Waals surface area contributed by atoms with E-state index in [1.807, 2.05) is 13.8 Å². The monoisotopic (exact) mass is 463 g/mol. The van der Waals surface area contributed by atoms with Gasteiger partial charge in [-0.15, -0.1) is 0 Å². The number of carbonyl (C=O) groups is 2. The summed E-state index contributed by atoms with van der Waals surface area (Å²) in [5, 5.41) is 8.84. The highest BCUT2D eigenvalue weighted by molar-refractivity contribution is 7.15. The number of rotatable bonds is 8. The highest BCUT2D eigenvalue weighted by atomic mass is 32.1. The summed E-state index contributed by atoms with van der Waals surface area (Å²) in [4.78, 5) is 40.4. The molecule has 32 heavy (non-hydrogen) atoms. The van der Waals surface area contributed by atoms with Crippen molar-refractivity contribution in [2.75, 3.05) is 37.5 Å². The van der Waals surface area contributed by atoms with E-state index in [2.05, 4.69) is 35.8 Å². The van der Waals surface area contributed by atoms with Gasteiger partial charge in [0.05, 0.1) is 32.4 Å². The predicted molar refractivity (Wildman–Crippen MR) is 121 cm³/mol. The molecule has 0 aliphatic carbocycles. The van der Waals surface area contributed by atoms with E-state index in [0.29, 0.717) is 29.9 Å². The summed E-state index contributed by atoms with van der Waals surface area (Å²) in [7, 11) is 3.06. The van der Waals surface area contributed by atoms with Crippen LogP contribution in [0.25, 0.3) is 0 Å². The second kappa shape index (κ2) is 10.4. The van der Waals surface area contributed by atoms with Crippen molar-refractivity contribution in [3.8, 4) is 11.9 Å². The van der Waals surface area contributed by atoms with E-state index in [4.69, 9.17) is 9.47 Å². The van der Waals surface area contributed by atoms with Gasteiger partial charge in [-0.1, -0.05) is 18.3 Å². The van der Waals surface area contributed by atoms with Gasteiger partial charge in [-0.2, -0.15) is 9.97 Å². The average Bonchev–Trinajstić information content (AvgIpc) is 3.17. The fourth-order valence-corrected chi connectivity index (χ4v) is 4.12. The predicted octanol–water partition coefficient (Wildman–Crippen LogP) is 1.80. The van der Waals surface area contributed by atoms with Crippen LogP contribution in [0.3, 0.4) is 0 Å². The third-order valence-electron chi connectivity index (χ3n) is 4.78. The molecule has 12 heteroatoms. The maximum Gasteiger partial charge on any atom is 0.321 e. The number of anilines is 2. The molecule has 0 radical (unpaired) electrons. The first-order valence-electron chi connectivity index (χ1n) is 10.3. The normalized spacial score (nSPS) is 13.9. The zero-order valence-electron chi connectivity index (χ0n) is 18.9. The first kappa shape index (κ1) is 23.5. The Morgan fingerprint density at radius 3 is 2.66 bits per heavy atom. The summed E-state index contributed by atoms with van der Waals surface area (Å²) >= 11 is 1.42. The topological polar surface area (TPSA) is 131 Å². The molecule has 0 bridgehead atoms. The number of hydrogen-bond acceptors (Lipinski definition) is 9. The first-order chi connectivity index (χ1) is 15.3. The summed E-state index contributed by atoms with van der Waals surface area (Å²) in [6.07, 6.45) is 0.718. The highest BCUT2D eigenvalue weighted by Crippen LogP contribution is 2.31. The van der Waals surface area contributed by atoms with Gasteiger partial charge in [-0.25, -0.2) is 9.78 Å². The van der Waals surface area contributed by atoms with Crippen LogP contribution in [-0.4, -0.2) is 60.2 Å². The van der Waals surface area contributed by atoms with E-state index in [9.17, 15) is 9.59 Å². The number of ether oxygens (including phenoxy) is 2. The molecule has 3 amide bonds. The number of carbonyl (C=O) groups excluding carboxylic acids is 2. The second-order valence-corrected chi connectivity index (χ2v) is 8.80. The van der Waals surface area contributed by atoms with Gasteiger partial charge in [0.1, 0.15) is 5.82 Å². The SMILES string of the molecule is COc1cc(N2CCc3nc(NC(=O)NCC(C)C(=O)NC(C)C)sc3C2)nc(OC)n1. The van der Waals surface area contributed by atoms with Crippen molar-refractivity contribution in [2.45, 2.75) is 39.8 Å². The van der Waals surface area contributed by atoms with Crippen molar-refractivity contribution in [1.29, 1.82) is 0 Å². The molecule has 3 rings (SSSR count). The lowest BCUT2D eigenvalue weighted by Gasteiger charge is -2.27. The number of hydrogen-bond donors (Lipinski definition) is 3. The van der Waals surface area contributed by atoms with Gasteiger partial charge >= 0.3 is 12.0 Å². The zero-order valence-corrected chi connectivity index (χ0v) is 19.7. The largest absolute Gasteiger partial charge is 0.481 e. The van der Waals surface area contributed by atoms with Gasteiger partial charge in [-0.3, -0.25) is 10.1 Å². The lowest BCUT2D eigenvalue weighted by Crippen LogP contribution is -2.41. The molecule has 1 unspecified atom stereocenters. The zero-order chi connectivity index (χ0) is 23.3. The molecule has 174 valence electrons. The van der Waals surface area contributed by atoms with Crippen LogP contribution in [0.1, 0.15) is 31.3 Å². The standard InChI is InChI=1S/C20H29N7O4S/c1-11(2)22-17(28)12(3)9-21-18(29)26-20-23-13-6-7-27(10-14(13)32-20)15-8-16(30-4)25-19(24-15)31-5/h8,11-12H,6-7,9-10H2,1-5H3,(H,22,28)(H2,21,23,26,29). The lowest BCUT2D eigenvalue weighted by atomic mass is 10.1. The molecule has 11 nitrogen and oxygen atoms in total. The van der Waals surface area contributed by atoms with Gasteiger partial charge in [0.15, 0.2) is 5.13 Å². The van der Waals surface area contributed by atoms with Crippen LogP contribution in [0, 0.1) is 5.92 Å². The lowest BCUT2D eigenvalue weighted by molar-refractivity contribution is -0.124. The maximum absolute atomic E-state index is 12.3. The molecule has 0 saturated heterocycles. The quantitative estimate of drug-likeness (QED) is 0.540. The number of nitrogens with one attached hydrogen (secondary N) is 3. The molecule has 1 aliphatic rings. The molecular weight excluding hydrogens is 434 g/mol. The first-order valence-corrected chi connectivity index (χ1v) is 11.2. The van der Waals surface area contributed by atoms with Crippen molar-refractivity contribution >= 4 is 34.2 Å². The summed E-state index contributed by atoms with van der Waals surface area (Å²) < 4.78 is 10.4. The second-order valence-electron chi connectivity index (χ2n) is 7.72. The number of urea groups is 1. The van der Waals surface area contributed by atoms with Crippen molar-refractivity contribution in [1.82, 2.24) is 25.6 Å². The minimum Gasteiger partial charge on any atom is -0.481 e. The van der Waals surface area contributed by atoms with Gasteiger partial charge < -0.3 is 25.0 Å². The molecule has 0 saturated carbocycles. The summed E-state index contributed by atoms with van der Waals surface area (Å²) in [6.45, 7) is 7.12. The number of thiazole rings is 1. The van der Waals surface area contributed by atoms with Crippen LogP contribution in [0.4, 0.5) is 15.7 Å². The molecule has 0 fully saturated rings. The van der Waals surface area contributed by atoms with Gasteiger partial charge in [0.2, 0.25) is 11.8 Å². The molecule has 0 spiro atoms. The summed E-state index contributed by atoms with van der Waals surface area (Å²) in [5.41, 5.74) is 0.958. The number of nitrogens with zero attached hydrogens (tertiary/aromatic N) is 4. The Labute approximate surface area is 190 Å². The van der Waals surface area contributed by atoms with Crippen LogP contribution in [0.15, 0.2) is 6.07 Å². The minimum absolute atomic E-state index is 0.0597. The molecular formula is C20H29N7O4S. The third kappa shape index (κ3) is 5.96. The van der Waals surface area contributed by atoms with Crippen molar-refractivity contribution in [2.24, 2.45) is 5.92 Å². The van der Waals surface area contributed by atoms with Crippen LogP contribution in [-0.2, 0) is 17.8 Å². The molecule has 3 heterocycles. The van der Waals surface area contributed by atoms with Crippen LogP contribution in [0.2, 0.25) is 0 Å². The summed E-state index contributed by atoms with van der Waals surface area (Å²) in [5.74, 6) is 0.706. The Bertz CT molecular complexity index is 943. The Kier molecular flexibility index (Phi) is 7.67. The van der Waals surface area contributed by atoms with Crippen molar-refractivity contribution in [3.05, 3.63) is 16.6 Å². The number of methoxy groups -OCH3 is 2. The van der Waals surface area contributed by atoms with Crippen molar-refractivity contribution in [3.63, 3.8) is 0 Å². The fraction of sp³-hybridized carbons (Fsp3) is 0.550. The van der Waals surface area contributed by atoms with E-state index in [1.54, 1.807) is 20.1 Å². The van der Waals surface area contributed by atoms with Gasteiger partial charge in [0.25, 0.3) is 0 Å². The van der Waals surface area contributed by atoms with Crippen molar-refractivity contribution < 1.29 is 19.1 Å². The Hall–Kier alpha value is -3.15. The molecule has 2 aromatic rings. The molecule has 1 aliphatic heterocycles. The van der Waals surface area contributed by atoms with Gasteiger partial charge in [0, 0.05) is 36.5 Å².